The van der Waals surface area contributed by atoms with Crippen molar-refractivity contribution in [3.05, 3.63) is 28.0 Å². The minimum absolute atomic E-state index is 0.0203. The number of halogens is 3. The highest BCUT2D eigenvalue weighted by Crippen LogP contribution is 2.28. The maximum Gasteiger partial charge on any atom is 0.262 e. The first-order chi connectivity index (χ1) is 9.04. The van der Waals surface area contributed by atoms with Crippen molar-refractivity contribution in [2.75, 3.05) is 13.6 Å². The molecule has 0 aliphatic rings. The van der Waals surface area contributed by atoms with E-state index in [4.69, 9.17) is 10.7 Å². The average Bonchev–Trinajstić information content (AvgIpc) is 2.25. The summed E-state index contributed by atoms with van der Waals surface area (Å²) in [6, 6.07) is 1.87. The Morgan fingerprint density at radius 2 is 2.00 bits per heavy atom. The monoisotopic (exact) mass is 385 g/mol. The van der Waals surface area contributed by atoms with E-state index >= 15 is 0 Å². The fourth-order valence-electron chi connectivity index (χ4n) is 1.72. The van der Waals surface area contributed by atoms with Crippen LogP contribution < -0.4 is 0 Å². The molecule has 0 heterocycles. The van der Waals surface area contributed by atoms with Gasteiger partial charge in [0.25, 0.3) is 15.0 Å². The van der Waals surface area contributed by atoms with E-state index < -0.39 is 20.8 Å². The van der Waals surface area contributed by atoms with Gasteiger partial charge < -0.3 is 4.90 Å². The van der Waals surface area contributed by atoms with Gasteiger partial charge >= 0.3 is 0 Å². The molecule has 0 saturated heterocycles. The molecule has 0 bridgehead atoms. The lowest BCUT2D eigenvalue weighted by Gasteiger charge is -2.20. The molecule has 0 radical (unpaired) electrons. The van der Waals surface area contributed by atoms with E-state index in [1.54, 1.807) is 0 Å². The third-order valence-corrected chi connectivity index (χ3v) is 4.78. The van der Waals surface area contributed by atoms with Gasteiger partial charge in [0.15, 0.2) is 0 Å². The van der Waals surface area contributed by atoms with Gasteiger partial charge in [0.1, 0.15) is 5.82 Å². The van der Waals surface area contributed by atoms with Gasteiger partial charge in [-0.25, -0.2) is 12.8 Å². The fraction of sp³-hybridized carbons (Fsp3) is 0.417. The molecule has 0 N–H and O–H groups in total. The van der Waals surface area contributed by atoms with Crippen molar-refractivity contribution in [3.63, 3.8) is 0 Å². The number of amides is 1. The number of hydrogen-bond donors (Lipinski definition) is 0. The predicted molar refractivity (Wildman–Crippen MR) is 78.9 cm³/mol. The topological polar surface area (TPSA) is 54.5 Å². The van der Waals surface area contributed by atoms with Gasteiger partial charge in [0.05, 0.1) is 10.5 Å². The van der Waals surface area contributed by atoms with Crippen LogP contribution in [-0.2, 0) is 9.05 Å². The number of benzene rings is 1. The number of rotatable bonds is 4. The Kier molecular flexibility index (Phi) is 5.57. The Labute approximate surface area is 130 Å². The quantitative estimate of drug-likeness (QED) is 0.747. The van der Waals surface area contributed by atoms with E-state index in [2.05, 4.69) is 15.9 Å². The van der Waals surface area contributed by atoms with Crippen LogP contribution in [0.3, 0.4) is 0 Å². The average molecular weight is 387 g/mol. The van der Waals surface area contributed by atoms with Gasteiger partial charge in [-0.2, -0.15) is 0 Å². The van der Waals surface area contributed by atoms with Crippen LogP contribution in [0.5, 0.6) is 0 Å². The highest BCUT2D eigenvalue weighted by atomic mass is 79.9. The number of nitrogens with zero attached hydrogens (tertiary/aromatic N) is 1. The lowest BCUT2D eigenvalue weighted by molar-refractivity contribution is 0.0774. The maximum absolute atomic E-state index is 13.9. The molecule has 0 spiro atoms. The van der Waals surface area contributed by atoms with E-state index in [-0.39, 0.29) is 20.8 Å². The molecule has 4 nitrogen and oxygen atoms in total. The molecule has 0 aliphatic carbocycles. The summed E-state index contributed by atoms with van der Waals surface area (Å²) in [5, 5.41) is 0. The molecule has 0 atom stereocenters. The van der Waals surface area contributed by atoms with E-state index in [0.29, 0.717) is 6.54 Å². The van der Waals surface area contributed by atoms with Crippen LogP contribution in [0.4, 0.5) is 4.39 Å². The Bertz CT molecular complexity index is 634. The first kappa shape index (κ1) is 17.4. The zero-order valence-corrected chi connectivity index (χ0v) is 14.3. The molecular formula is C12H14BrClFNO3S. The second kappa shape index (κ2) is 6.41. The normalized spacial score (nSPS) is 11.8. The summed E-state index contributed by atoms with van der Waals surface area (Å²) in [5.74, 6) is -1.19. The third-order valence-electron chi connectivity index (χ3n) is 2.50. The van der Waals surface area contributed by atoms with Gasteiger partial charge in [-0.05, 0) is 34.0 Å². The molecule has 0 aromatic heterocycles. The minimum atomic E-state index is -4.07. The number of carbonyl (C=O) groups is 1. The van der Waals surface area contributed by atoms with Crippen LogP contribution >= 0.6 is 26.6 Å². The second-order valence-electron chi connectivity index (χ2n) is 4.78. The molecule has 1 amide bonds. The summed E-state index contributed by atoms with van der Waals surface area (Å²) < 4.78 is 36.6. The molecule has 1 rings (SSSR count). The van der Waals surface area contributed by atoms with Crippen molar-refractivity contribution < 1.29 is 17.6 Å². The third kappa shape index (κ3) is 4.17. The van der Waals surface area contributed by atoms with Crippen LogP contribution in [0.25, 0.3) is 0 Å². The van der Waals surface area contributed by atoms with Crippen molar-refractivity contribution >= 4 is 41.6 Å². The van der Waals surface area contributed by atoms with Crippen LogP contribution in [0.1, 0.15) is 24.2 Å². The minimum Gasteiger partial charge on any atom is -0.341 e. The van der Waals surface area contributed by atoms with E-state index in [1.807, 2.05) is 13.8 Å². The largest absolute Gasteiger partial charge is 0.341 e. The fourth-order valence-corrected chi connectivity index (χ4v) is 3.88. The highest BCUT2D eigenvalue weighted by Gasteiger charge is 2.23. The highest BCUT2D eigenvalue weighted by molar-refractivity contribution is 9.10. The van der Waals surface area contributed by atoms with Crippen LogP contribution in [-0.4, -0.2) is 32.8 Å². The van der Waals surface area contributed by atoms with Gasteiger partial charge in [-0.15, -0.1) is 0 Å². The summed E-state index contributed by atoms with van der Waals surface area (Å²) >= 11 is 2.91. The Morgan fingerprint density at radius 1 is 1.45 bits per heavy atom. The predicted octanol–water partition coefficient (Wildman–Crippen LogP) is 3.24. The van der Waals surface area contributed by atoms with E-state index in [0.717, 1.165) is 12.1 Å². The van der Waals surface area contributed by atoms with Gasteiger partial charge in [0.2, 0.25) is 0 Å². The molecule has 0 fully saturated rings. The Morgan fingerprint density at radius 3 is 2.45 bits per heavy atom. The summed E-state index contributed by atoms with van der Waals surface area (Å²) in [6.45, 7) is 4.25. The van der Waals surface area contributed by atoms with Gasteiger partial charge in [-0.1, -0.05) is 13.8 Å². The first-order valence-corrected chi connectivity index (χ1v) is 8.83. The molecular weight excluding hydrogens is 373 g/mol. The Hall–Kier alpha value is -0.660. The van der Waals surface area contributed by atoms with E-state index in [1.165, 1.54) is 11.9 Å². The molecule has 20 heavy (non-hydrogen) atoms. The molecule has 1 aromatic carbocycles. The maximum atomic E-state index is 13.9. The molecule has 0 saturated carbocycles. The lowest BCUT2D eigenvalue weighted by Crippen LogP contribution is -2.31. The molecule has 0 unspecified atom stereocenters. The molecule has 112 valence electrons. The van der Waals surface area contributed by atoms with Gasteiger partial charge in [-0.3, -0.25) is 4.79 Å². The van der Waals surface area contributed by atoms with Crippen molar-refractivity contribution in [3.8, 4) is 0 Å². The smallest absolute Gasteiger partial charge is 0.262 e. The zero-order chi connectivity index (χ0) is 15.7. The molecule has 1 aromatic rings. The van der Waals surface area contributed by atoms with Crippen molar-refractivity contribution in [2.24, 2.45) is 5.92 Å². The van der Waals surface area contributed by atoms with Crippen LogP contribution in [0.15, 0.2) is 21.5 Å². The SMILES string of the molecule is CC(C)CN(C)C(=O)c1cc(S(=O)(=O)Cl)c(Br)cc1F. The summed E-state index contributed by atoms with van der Waals surface area (Å²) in [5.41, 5.74) is -0.324. The van der Waals surface area contributed by atoms with Crippen molar-refractivity contribution in [1.29, 1.82) is 0 Å². The summed E-state index contributed by atoms with van der Waals surface area (Å²) in [6.07, 6.45) is 0. The first-order valence-electron chi connectivity index (χ1n) is 5.73. The zero-order valence-electron chi connectivity index (χ0n) is 11.2. The van der Waals surface area contributed by atoms with Gasteiger partial charge in [0, 0.05) is 28.7 Å². The van der Waals surface area contributed by atoms with E-state index in [9.17, 15) is 17.6 Å². The summed E-state index contributed by atoms with van der Waals surface area (Å²) in [7, 11) is 2.71. The molecule has 8 heteroatoms. The lowest BCUT2D eigenvalue weighted by atomic mass is 10.1. The Balaban J connectivity index is 3.29. The number of carbonyl (C=O) groups excluding carboxylic acids is 1. The van der Waals surface area contributed by atoms with Crippen molar-refractivity contribution in [1.82, 2.24) is 4.90 Å². The van der Waals surface area contributed by atoms with Crippen molar-refractivity contribution in [2.45, 2.75) is 18.7 Å². The summed E-state index contributed by atoms with van der Waals surface area (Å²) in [4.78, 5) is 13.1. The van der Waals surface area contributed by atoms with Crippen LogP contribution in [0, 0.1) is 11.7 Å². The van der Waals surface area contributed by atoms with Crippen LogP contribution in [0.2, 0.25) is 0 Å². The second-order valence-corrected chi connectivity index (χ2v) is 8.17. The number of hydrogen-bond acceptors (Lipinski definition) is 3. The molecule has 0 aliphatic heterocycles. The standard InChI is InChI=1S/C12H14BrClFNO3S/c1-7(2)6-16(3)12(17)8-4-11(20(14,18)19)9(13)5-10(8)15/h4-5,7H,6H2,1-3H3.